The number of phenolic OH excluding ortho intramolecular Hbond substituents is 6. The average Bonchev–Trinajstić information content (AvgIpc) is 2.96. The zero-order valence-electron chi connectivity index (χ0n) is 23.5. The molecule has 4 aromatic carbocycles. The third-order valence-electron chi connectivity index (χ3n) is 7.12. The van der Waals surface area contributed by atoms with Crippen molar-refractivity contribution in [2.24, 2.45) is 0 Å². The van der Waals surface area contributed by atoms with E-state index < -0.39 is 12.2 Å². The van der Waals surface area contributed by atoms with E-state index in [-0.39, 0.29) is 81.5 Å². The molecule has 0 bridgehead atoms. The van der Waals surface area contributed by atoms with Crippen LogP contribution in [0.4, 0.5) is 0 Å². The number of Topliss-reactive ketones (excluding diaryl/α,β-unsaturated/α-hetero) is 2. The summed E-state index contributed by atoms with van der Waals surface area (Å²) in [7, 11) is 2.88. The molecule has 2 aliphatic heterocycles. The van der Waals surface area contributed by atoms with Crippen molar-refractivity contribution in [3.05, 3.63) is 82.9 Å². The summed E-state index contributed by atoms with van der Waals surface area (Å²) in [6, 6.07) is 14.2. The Morgan fingerprint density at radius 1 is 0.568 bits per heavy atom. The fourth-order valence-corrected chi connectivity index (χ4v) is 5.04. The molecule has 6 N–H and O–H groups in total. The van der Waals surface area contributed by atoms with Crippen molar-refractivity contribution in [1.82, 2.24) is 0 Å². The highest BCUT2D eigenvalue weighted by atomic mass is 16.5. The molecule has 0 fully saturated rings. The van der Waals surface area contributed by atoms with Crippen LogP contribution in [0.25, 0.3) is 0 Å². The second-order valence-corrected chi connectivity index (χ2v) is 10.0. The summed E-state index contributed by atoms with van der Waals surface area (Å²) in [6.07, 6.45) is -1.18. The van der Waals surface area contributed by atoms with Crippen molar-refractivity contribution in [3.8, 4) is 57.5 Å². The van der Waals surface area contributed by atoms with Crippen LogP contribution in [-0.4, -0.2) is 56.4 Å². The molecule has 4 aromatic rings. The molecule has 0 aliphatic carbocycles. The summed E-state index contributed by atoms with van der Waals surface area (Å²) < 4.78 is 21.3. The molecule has 44 heavy (non-hydrogen) atoms. The molecular weight excluding hydrogens is 576 g/mol. The number of benzene rings is 4. The molecule has 0 aromatic heterocycles. The molecule has 12 heteroatoms. The van der Waals surface area contributed by atoms with Crippen molar-refractivity contribution >= 4 is 11.6 Å². The molecule has 0 saturated heterocycles. The molecular formula is C32H28O12. The normalized spacial score (nSPS) is 16.8. The van der Waals surface area contributed by atoms with Crippen molar-refractivity contribution in [3.63, 3.8) is 0 Å². The van der Waals surface area contributed by atoms with E-state index in [1.165, 1.54) is 38.5 Å². The number of phenols is 6. The van der Waals surface area contributed by atoms with Gasteiger partial charge >= 0.3 is 0 Å². The van der Waals surface area contributed by atoms with Crippen LogP contribution in [-0.2, 0) is 0 Å². The van der Waals surface area contributed by atoms with Crippen molar-refractivity contribution in [2.75, 3.05) is 14.2 Å². The van der Waals surface area contributed by atoms with Gasteiger partial charge in [-0.1, -0.05) is 12.1 Å². The number of rotatable bonds is 4. The van der Waals surface area contributed by atoms with Gasteiger partial charge in [0.1, 0.15) is 57.8 Å². The van der Waals surface area contributed by atoms with Crippen LogP contribution in [0, 0.1) is 0 Å². The molecule has 1 unspecified atom stereocenters. The van der Waals surface area contributed by atoms with Gasteiger partial charge in [0.25, 0.3) is 0 Å². The molecule has 6 rings (SSSR count). The first-order chi connectivity index (χ1) is 21.0. The first-order valence-corrected chi connectivity index (χ1v) is 13.2. The van der Waals surface area contributed by atoms with E-state index in [1.807, 2.05) is 0 Å². The number of hydrogen-bond donors (Lipinski definition) is 6. The summed E-state index contributed by atoms with van der Waals surface area (Å²) in [4.78, 5) is 24.4. The van der Waals surface area contributed by atoms with Crippen molar-refractivity contribution in [2.45, 2.75) is 25.0 Å². The molecule has 12 nitrogen and oxygen atoms in total. The summed E-state index contributed by atoms with van der Waals surface area (Å²) >= 11 is 0. The minimum Gasteiger partial charge on any atom is -0.508 e. The number of hydrogen-bond acceptors (Lipinski definition) is 12. The van der Waals surface area contributed by atoms with Crippen molar-refractivity contribution < 1.29 is 59.2 Å². The molecule has 2 heterocycles. The number of methoxy groups -OCH3 is 2. The SMILES string of the molecule is COc1ccc(C2CC(=O)c3c(O)cc(O)cc3O2)cc1O.COc1ccc([C@@H]2CC(=O)c3c(O)cc(O)cc3O2)cc1O. The van der Waals surface area contributed by atoms with Gasteiger partial charge in [-0.25, -0.2) is 0 Å². The van der Waals surface area contributed by atoms with Gasteiger partial charge in [0.2, 0.25) is 0 Å². The van der Waals surface area contributed by atoms with Gasteiger partial charge in [0.15, 0.2) is 34.6 Å². The van der Waals surface area contributed by atoms with E-state index in [1.54, 1.807) is 24.3 Å². The highest BCUT2D eigenvalue weighted by Gasteiger charge is 2.32. The zero-order valence-corrected chi connectivity index (χ0v) is 23.5. The van der Waals surface area contributed by atoms with Crippen LogP contribution >= 0.6 is 0 Å². The smallest absolute Gasteiger partial charge is 0.174 e. The highest BCUT2D eigenvalue weighted by molar-refractivity contribution is 6.03. The quantitative estimate of drug-likeness (QED) is 0.182. The molecule has 0 spiro atoms. The lowest BCUT2D eigenvalue weighted by Gasteiger charge is -2.26. The average molecular weight is 605 g/mol. The molecule has 2 atom stereocenters. The molecule has 2 aliphatic rings. The third-order valence-corrected chi connectivity index (χ3v) is 7.12. The van der Waals surface area contributed by atoms with Crippen LogP contribution < -0.4 is 18.9 Å². The van der Waals surface area contributed by atoms with E-state index in [2.05, 4.69) is 0 Å². The highest BCUT2D eigenvalue weighted by Crippen LogP contribution is 2.44. The molecule has 0 amide bonds. The summed E-state index contributed by atoms with van der Waals surface area (Å²) in [5, 5.41) is 58.2. The number of fused-ring (bicyclic) bond motifs is 2. The predicted molar refractivity (Wildman–Crippen MR) is 153 cm³/mol. The molecule has 228 valence electrons. The Hall–Kier alpha value is -5.78. The first kappa shape index (κ1) is 29.7. The van der Waals surface area contributed by atoms with Crippen LogP contribution in [0.15, 0.2) is 60.7 Å². The standard InChI is InChI=1S/2C16H14O6/c2*1-21-13-3-2-8(4-10(13)18)14-7-12(20)16-11(19)5-9(17)6-15(16)22-14/h2*2-6,14,17-19H,7H2,1H3/t14-;/m0./s1. The fraction of sp³-hybridized carbons (Fsp3) is 0.188. The third kappa shape index (κ3) is 5.77. The van der Waals surface area contributed by atoms with E-state index in [0.29, 0.717) is 22.6 Å². The van der Waals surface area contributed by atoms with E-state index >= 15 is 0 Å². The van der Waals surface area contributed by atoms with Gasteiger partial charge in [-0.05, 0) is 35.4 Å². The summed E-state index contributed by atoms with van der Waals surface area (Å²) in [6.45, 7) is 0. The second kappa shape index (κ2) is 11.8. The molecule has 0 saturated carbocycles. The zero-order chi connectivity index (χ0) is 31.7. The minimum absolute atomic E-state index is 0.0249. The minimum atomic E-state index is -0.613. The lowest BCUT2D eigenvalue weighted by Crippen LogP contribution is -2.20. The summed E-state index contributed by atoms with van der Waals surface area (Å²) in [5.41, 5.74) is 1.32. The lowest BCUT2D eigenvalue weighted by atomic mass is 9.95. The first-order valence-electron chi connectivity index (χ1n) is 13.2. The second-order valence-electron chi connectivity index (χ2n) is 10.0. The Kier molecular flexibility index (Phi) is 7.99. The maximum atomic E-state index is 12.2. The predicted octanol–water partition coefficient (Wildman–Crippen LogP) is 5.04. The van der Waals surface area contributed by atoms with E-state index in [4.69, 9.17) is 18.9 Å². The number of ketones is 2. The van der Waals surface area contributed by atoms with Gasteiger partial charge < -0.3 is 49.6 Å². The fourth-order valence-electron chi connectivity index (χ4n) is 5.04. The number of ether oxygens (including phenoxy) is 4. The topological polar surface area (TPSA) is 192 Å². The van der Waals surface area contributed by atoms with Crippen LogP contribution in [0.3, 0.4) is 0 Å². The van der Waals surface area contributed by atoms with Crippen LogP contribution in [0.2, 0.25) is 0 Å². The van der Waals surface area contributed by atoms with E-state index in [9.17, 15) is 40.2 Å². The van der Waals surface area contributed by atoms with Gasteiger partial charge in [-0.15, -0.1) is 0 Å². The Morgan fingerprint density at radius 2 is 0.955 bits per heavy atom. The Balaban J connectivity index is 0.000000175. The number of carbonyl (C=O) groups excluding carboxylic acids is 2. The van der Waals surface area contributed by atoms with Gasteiger partial charge in [0.05, 0.1) is 27.1 Å². The number of aromatic hydroxyl groups is 6. The van der Waals surface area contributed by atoms with Gasteiger partial charge in [-0.2, -0.15) is 0 Å². The van der Waals surface area contributed by atoms with Crippen LogP contribution in [0.5, 0.6) is 57.5 Å². The Bertz CT molecular complexity index is 1630. The van der Waals surface area contributed by atoms with E-state index in [0.717, 1.165) is 12.1 Å². The maximum Gasteiger partial charge on any atom is 0.174 e. The van der Waals surface area contributed by atoms with Gasteiger partial charge in [0, 0.05) is 24.3 Å². The lowest BCUT2D eigenvalue weighted by molar-refractivity contribution is 0.0834. The maximum absolute atomic E-state index is 12.2. The van der Waals surface area contributed by atoms with Crippen LogP contribution in [0.1, 0.15) is 56.9 Å². The van der Waals surface area contributed by atoms with Gasteiger partial charge in [-0.3, -0.25) is 9.59 Å². The number of carbonyl (C=O) groups is 2. The Labute approximate surface area is 250 Å². The van der Waals surface area contributed by atoms with Crippen molar-refractivity contribution in [1.29, 1.82) is 0 Å². The monoisotopic (exact) mass is 604 g/mol. The Morgan fingerprint density at radius 3 is 1.30 bits per heavy atom. The summed E-state index contributed by atoms with van der Waals surface area (Å²) in [5.74, 6) is -0.817. The largest absolute Gasteiger partial charge is 0.508 e. The molecule has 0 radical (unpaired) electrons.